The lowest BCUT2D eigenvalue weighted by molar-refractivity contribution is -0.140. The predicted octanol–water partition coefficient (Wildman–Crippen LogP) is 4.32. The Kier molecular flexibility index (Phi) is 8.57. The number of ether oxygens (including phenoxy) is 2. The maximum Gasteiger partial charge on any atom is 0.338 e. The summed E-state index contributed by atoms with van der Waals surface area (Å²) in [5.41, 5.74) is 3.12. The summed E-state index contributed by atoms with van der Waals surface area (Å²) in [6.07, 6.45) is 1.76. The quantitative estimate of drug-likeness (QED) is 0.587. The van der Waals surface area contributed by atoms with Crippen LogP contribution in [0.3, 0.4) is 0 Å². The number of carbonyl (C=O) groups excluding carboxylic acids is 2. The van der Waals surface area contributed by atoms with Gasteiger partial charge in [0.05, 0.1) is 37.8 Å². The van der Waals surface area contributed by atoms with E-state index in [1.54, 1.807) is 23.9 Å². The number of methoxy groups -OCH3 is 2. The third kappa shape index (κ3) is 6.14. The summed E-state index contributed by atoms with van der Waals surface area (Å²) < 4.78 is 9.58. The largest absolute Gasteiger partial charge is 0.469 e. The molecule has 0 saturated carbocycles. The van der Waals surface area contributed by atoms with E-state index < -0.39 is 0 Å². The third-order valence-corrected chi connectivity index (χ3v) is 5.69. The Hall–Kier alpha value is -2.78. The molecule has 0 spiro atoms. The van der Waals surface area contributed by atoms with Crippen LogP contribution in [0, 0.1) is 11.3 Å². The minimum absolute atomic E-state index is 0.0867. The molecule has 28 heavy (non-hydrogen) atoms. The van der Waals surface area contributed by atoms with Gasteiger partial charge in [-0.25, -0.2) is 4.79 Å². The summed E-state index contributed by atoms with van der Waals surface area (Å²) in [6, 6.07) is 17.1. The number of rotatable bonds is 9. The fraction of sp³-hybridized carbons (Fsp3) is 0.318. The van der Waals surface area contributed by atoms with E-state index in [0.29, 0.717) is 29.7 Å². The average Bonchev–Trinajstić information content (AvgIpc) is 2.75. The first kappa shape index (κ1) is 21.5. The molecule has 0 aromatic heterocycles. The third-order valence-electron chi connectivity index (χ3n) is 4.34. The highest BCUT2D eigenvalue weighted by Gasteiger charge is 2.17. The van der Waals surface area contributed by atoms with Crippen LogP contribution < -0.4 is 0 Å². The van der Waals surface area contributed by atoms with Crippen LogP contribution in [-0.2, 0) is 20.7 Å². The Labute approximate surface area is 169 Å². The molecule has 0 aliphatic heterocycles. The maximum absolute atomic E-state index is 12.0. The molecular weight excluding hydrogens is 374 g/mol. The summed E-state index contributed by atoms with van der Waals surface area (Å²) >= 11 is 1.65. The summed E-state index contributed by atoms with van der Waals surface area (Å²) in [5, 5.41) is 9.27. The molecular formula is C22H23NO4S. The molecule has 2 rings (SSSR count). The highest BCUT2D eigenvalue weighted by molar-refractivity contribution is 7.99. The first-order valence-corrected chi connectivity index (χ1v) is 9.98. The molecule has 0 N–H and O–H groups in total. The second-order valence-corrected chi connectivity index (χ2v) is 7.42. The van der Waals surface area contributed by atoms with Crippen molar-refractivity contribution in [2.24, 2.45) is 0 Å². The zero-order valence-electron chi connectivity index (χ0n) is 16.0. The molecule has 1 unspecified atom stereocenters. The van der Waals surface area contributed by atoms with Gasteiger partial charge in [0, 0.05) is 11.0 Å². The molecule has 5 nitrogen and oxygen atoms in total. The smallest absolute Gasteiger partial charge is 0.338 e. The van der Waals surface area contributed by atoms with Crippen LogP contribution in [0.1, 0.15) is 45.1 Å². The summed E-state index contributed by atoms with van der Waals surface area (Å²) in [4.78, 5) is 23.4. The number of nitrogens with zero attached hydrogens (tertiary/aromatic N) is 1. The van der Waals surface area contributed by atoms with Crippen LogP contribution in [0.4, 0.5) is 0 Å². The van der Waals surface area contributed by atoms with Crippen molar-refractivity contribution < 1.29 is 19.1 Å². The Bertz CT molecular complexity index is 860. The fourth-order valence-electron chi connectivity index (χ4n) is 2.88. The molecule has 1 atom stereocenters. The Morgan fingerprint density at radius 3 is 2.61 bits per heavy atom. The lowest BCUT2D eigenvalue weighted by Gasteiger charge is -2.18. The van der Waals surface area contributed by atoms with Gasteiger partial charge in [-0.05, 0) is 42.2 Å². The van der Waals surface area contributed by atoms with Gasteiger partial charge in [0.25, 0.3) is 0 Å². The number of nitriles is 1. The standard InChI is InChI=1S/C22H23NO4S/c1-26-21(24)12-13-28-20(18-8-5-6-16(14-18)15-23)11-10-17-7-3-4-9-19(17)22(25)27-2/h3-9,14,20H,10-13H2,1-2H3. The number of esters is 2. The van der Waals surface area contributed by atoms with E-state index >= 15 is 0 Å². The van der Waals surface area contributed by atoms with Gasteiger partial charge in [0.2, 0.25) is 0 Å². The molecule has 0 heterocycles. The number of hydrogen-bond donors (Lipinski definition) is 0. The SMILES string of the molecule is COC(=O)CCSC(CCc1ccccc1C(=O)OC)c1cccc(C#N)c1. The number of hydrogen-bond acceptors (Lipinski definition) is 6. The molecule has 0 radical (unpaired) electrons. The lowest BCUT2D eigenvalue weighted by Crippen LogP contribution is -2.07. The molecule has 0 bridgehead atoms. The van der Waals surface area contributed by atoms with Crippen molar-refractivity contribution >= 4 is 23.7 Å². The van der Waals surface area contributed by atoms with E-state index in [9.17, 15) is 14.9 Å². The zero-order chi connectivity index (χ0) is 20.4. The van der Waals surface area contributed by atoms with Gasteiger partial charge in [-0.3, -0.25) is 4.79 Å². The van der Waals surface area contributed by atoms with Gasteiger partial charge in [-0.2, -0.15) is 17.0 Å². The van der Waals surface area contributed by atoms with Crippen molar-refractivity contribution in [3.05, 3.63) is 70.8 Å². The van der Waals surface area contributed by atoms with Gasteiger partial charge in [-0.1, -0.05) is 30.3 Å². The van der Waals surface area contributed by atoms with Crippen molar-refractivity contribution in [2.45, 2.75) is 24.5 Å². The van der Waals surface area contributed by atoms with Gasteiger partial charge in [-0.15, -0.1) is 0 Å². The first-order valence-electron chi connectivity index (χ1n) is 8.93. The van der Waals surface area contributed by atoms with Gasteiger partial charge < -0.3 is 9.47 Å². The van der Waals surface area contributed by atoms with Gasteiger partial charge >= 0.3 is 11.9 Å². The van der Waals surface area contributed by atoms with E-state index in [-0.39, 0.29) is 17.2 Å². The predicted molar refractivity (Wildman–Crippen MR) is 109 cm³/mol. The highest BCUT2D eigenvalue weighted by atomic mass is 32.2. The molecule has 0 fully saturated rings. The minimum atomic E-state index is -0.350. The highest BCUT2D eigenvalue weighted by Crippen LogP contribution is 2.34. The zero-order valence-corrected chi connectivity index (χ0v) is 16.8. The molecule has 6 heteroatoms. The van der Waals surface area contributed by atoms with E-state index in [1.165, 1.54) is 14.2 Å². The normalized spacial score (nSPS) is 11.3. The topological polar surface area (TPSA) is 76.4 Å². The van der Waals surface area contributed by atoms with E-state index in [0.717, 1.165) is 17.5 Å². The molecule has 0 aliphatic rings. The molecule has 2 aromatic rings. The Morgan fingerprint density at radius 1 is 1.11 bits per heavy atom. The van der Waals surface area contributed by atoms with Crippen molar-refractivity contribution in [3.8, 4) is 6.07 Å². The van der Waals surface area contributed by atoms with E-state index in [2.05, 4.69) is 6.07 Å². The van der Waals surface area contributed by atoms with Crippen LogP contribution in [0.25, 0.3) is 0 Å². The van der Waals surface area contributed by atoms with E-state index in [4.69, 9.17) is 9.47 Å². The van der Waals surface area contributed by atoms with Crippen LogP contribution >= 0.6 is 11.8 Å². The molecule has 2 aromatic carbocycles. The van der Waals surface area contributed by atoms with Crippen LogP contribution in [0.15, 0.2) is 48.5 Å². The number of benzene rings is 2. The van der Waals surface area contributed by atoms with Crippen molar-refractivity contribution in [1.29, 1.82) is 5.26 Å². The molecule has 0 aliphatic carbocycles. The Morgan fingerprint density at radius 2 is 1.89 bits per heavy atom. The van der Waals surface area contributed by atoms with Crippen molar-refractivity contribution in [1.82, 2.24) is 0 Å². The summed E-state index contributed by atoms with van der Waals surface area (Å²) in [7, 11) is 2.75. The lowest BCUT2D eigenvalue weighted by atomic mass is 9.99. The van der Waals surface area contributed by atoms with E-state index in [1.807, 2.05) is 36.4 Å². The van der Waals surface area contributed by atoms with Crippen molar-refractivity contribution in [2.75, 3.05) is 20.0 Å². The molecule has 0 saturated heterocycles. The maximum atomic E-state index is 12.0. The van der Waals surface area contributed by atoms with Crippen LogP contribution in [0.5, 0.6) is 0 Å². The minimum Gasteiger partial charge on any atom is -0.469 e. The Balaban J connectivity index is 2.16. The number of carbonyl (C=O) groups is 2. The second-order valence-electron chi connectivity index (χ2n) is 6.11. The molecule has 146 valence electrons. The number of aryl methyl sites for hydroxylation is 1. The fourth-order valence-corrected chi connectivity index (χ4v) is 4.07. The van der Waals surface area contributed by atoms with Crippen molar-refractivity contribution in [3.63, 3.8) is 0 Å². The van der Waals surface area contributed by atoms with Gasteiger partial charge in [0.1, 0.15) is 0 Å². The first-order chi connectivity index (χ1) is 13.6. The summed E-state index contributed by atoms with van der Waals surface area (Å²) in [5.74, 6) is 0.0253. The van der Waals surface area contributed by atoms with Gasteiger partial charge in [0.15, 0.2) is 0 Å². The average molecular weight is 397 g/mol. The summed E-state index contributed by atoms with van der Waals surface area (Å²) in [6.45, 7) is 0. The monoisotopic (exact) mass is 397 g/mol. The molecule has 0 amide bonds. The van der Waals surface area contributed by atoms with Crippen LogP contribution in [0.2, 0.25) is 0 Å². The second kappa shape index (κ2) is 11.2. The van der Waals surface area contributed by atoms with Crippen LogP contribution in [-0.4, -0.2) is 31.9 Å². The number of thioether (sulfide) groups is 1.